The van der Waals surface area contributed by atoms with Gasteiger partial charge in [-0.25, -0.2) is 9.18 Å². The van der Waals surface area contributed by atoms with Crippen LogP contribution in [-0.4, -0.2) is 55.2 Å². The fraction of sp³-hybridized carbons (Fsp3) is 0.552. The second-order valence-corrected chi connectivity index (χ2v) is 9.94. The molecule has 1 amide bonds. The van der Waals surface area contributed by atoms with Crippen LogP contribution in [0.1, 0.15) is 50.5 Å². The molecule has 1 aromatic carbocycles. The summed E-state index contributed by atoms with van der Waals surface area (Å²) in [5.41, 5.74) is 2.08. The minimum Gasteiger partial charge on any atom is -0.445 e. The SMILES string of the molecule is C=C/C=C(\C=C)COC(=O)N(C)C1CC[C@@H](CN2CCC(CCCc3ccc(F)cc3)CC2)C1. The summed E-state index contributed by atoms with van der Waals surface area (Å²) in [7, 11) is 1.86. The number of halogens is 1. The molecule has 1 unspecified atom stereocenters. The minimum atomic E-state index is -0.260. The third kappa shape index (κ3) is 8.12. The van der Waals surface area contributed by atoms with E-state index in [0.717, 1.165) is 37.3 Å². The van der Waals surface area contributed by atoms with Crippen molar-refractivity contribution in [2.75, 3.05) is 33.3 Å². The van der Waals surface area contributed by atoms with Gasteiger partial charge >= 0.3 is 6.09 Å². The van der Waals surface area contributed by atoms with E-state index in [1.807, 2.05) is 19.2 Å². The number of aryl methyl sites for hydroxylation is 1. The Morgan fingerprint density at radius 2 is 1.88 bits per heavy atom. The molecule has 186 valence electrons. The van der Waals surface area contributed by atoms with E-state index in [2.05, 4.69) is 18.1 Å². The Labute approximate surface area is 205 Å². The predicted molar refractivity (Wildman–Crippen MR) is 137 cm³/mol. The van der Waals surface area contributed by atoms with Crippen molar-refractivity contribution in [2.45, 2.75) is 57.4 Å². The number of benzene rings is 1. The topological polar surface area (TPSA) is 32.8 Å². The molecule has 1 saturated heterocycles. The summed E-state index contributed by atoms with van der Waals surface area (Å²) in [5, 5.41) is 0. The summed E-state index contributed by atoms with van der Waals surface area (Å²) in [5.74, 6) is 1.30. The van der Waals surface area contributed by atoms with Crippen LogP contribution in [0.3, 0.4) is 0 Å². The molecule has 4 nitrogen and oxygen atoms in total. The summed E-state index contributed by atoms with van der Waals surface area (Å²) in [6.07, 6.45) is 14.2. The van der Waals surface area contributed by atoms with E-state index >= 15 is 0 Å². The van der Waals surface area contributed by atoms with Gasteiger partial charge in [-0.2, -0.15) is 0 Å². The van der Waals surface area contributed by atoms with Gasteiger partial charge < -0.3 is 14.5 Å². The fourth-order valence-electron chi connectivity index (χ4n) is 5.36. The number of piperidine rings is 1. The Balaban J connectivity index is 1.31. The Morgan fingerprint density at radius 1 is 1.15 bits per heavy atom. The monoisotopic (exact) mass is 468 g/mol. The third-order valence-electron chi connectivity index (χ3n) is 7.52. The van der Waals surface area contributed by atoms with Crippen molar-refractivity contribution in [1.82, 2.24) is 9.80 Å². The second-order valence-electron chi connectivity index (χ2n) is 9.94. The highest BCUT2D eigenvalue weighted by atomic mass is 19.1. The number of hydrogen-bond donors (Lipinski definition) is 0. The molecule has 3 rings (SSSR count). The molecular weight excluding hydrogens is 427 g/mol. The summed E-state index contributed by atoms with van der Waals surface area (Å²) in [6, 6.07) is 7.19. The van der Waals surface area contributed by atoms with Gasteiger partial charge in [0.15, 0.2) is 0 Å². The van der Waals surface area contributed by atoms with Gasteiger partial charge in [-0.1, -0.05) is 49.9 Å². The molecule has 0 bridgehead atoms. The van der Waals surface area contributed by atoms with Gasteiger partial charge in [-0.15, -0.1) is 0 Å². The van der Waals surface area contributed by atoms with Crippen molar-refractivity contribution in [3.63, 3.8) is 0 Å². The van der Waals surface area contributed by atoms with Crippen LogP contribution in [0, 0.1) is 17.7 Å². The summed E-state index contributed by atoms with van der Waals surface area (Å²) >= 11 is 0. The predicted octanol–water partition coefficient (Wildman–Crippen LogP) is 6.40. The van der Waals surface area contributed by atoms with Crippen molar-refractivity contribution in [2.24, 2.45) is 11.8 Å². The molecule has 1 aliphatic carbocycles. The molecule has 5 heteroatoms. The smallest absolute Gasteiger partial charge is 0.410 e. The van der Waals surface area contributed by atoms with E-state index < -0.39 is 0 Å². The van der Waals surface area contributed by atoms with E-state index in [4.69, 9.17) is 4.74 Å². The first kappa shape index (κ1) is 26.2. The molecule has 2 aliphatic rings. The molecule has 1 aliphatic heterocycles. The lowest BCUT2D eigenvalue weighted by atomic mass is 9.90. The zero-order valence-electron chi connectivity index (χ0n) is 20.8. The van der Waals surface area contributed by atoms with Crippen LogP contribution in [0.4, 0.5) is 9.18 Å². The Hall–Kier alpha value is -2.40. The van der Waals surface area contributed by atoms with E-state index in [0.29, 0.717) is 5.92 Å². The van der Waals surface area contributed by atoms with Crippen molar-refractivity contribution < 1.29 is 13.9 Å². The normalized spacial score (nSPS) is 21.9. The fourth-order valence-corrected chi connectivity index (χ4v) is 5.36. The molecule has 1 aromatic rings. The lowest BCUT2D eigenvalue weighted by Gasteiger charge is -2.34. The van der Waals surface area contributed by atoms with E-state index in [1.165, 1.54) is 50.8 Å². The van der Waals surface area contributed by atoms with Gasteiger partial charge in [0.05, 0.1) is 0 Å². The van der Waals surface area contributed by atoms with Gasteiger partial charge in [-0.05, 0) is 93.1 Å². The number of hydrogen-bond acceptors (Lipinski definition) is 3. The molecule has 0 radical (unpaired) electrons. The average Bonchev–Trinajstić information content (AvgIpc) is 3.31. The molecule has 1 heterocycles. The maximum atomic E-state index is 13.0. The van der Waals surface area contributed by atoms with Crippen molar-refractivity contribution in [3.8, 4) is 0 Å². The largest absolute Gasteiger partial charge is 0.445 e. The maximum absolute atomic E-state index is 13.0. The number of likely N-dealkylation sites (tertiary alicyclic amines) is 1. The Kier molecular flexibility index (Phi) is 10.4. The van der Waals surface area contributed by atoms with Gasteiger partial charge in [0.2, 0.25) is 0 Å². The second kappa shape index (κ2) is 13.5. The van der Waals surface area contributed by atoms with E-state index in [9.17, 15) is 9.18 Å². The highest BCUT2D eigenvalue weighted by Crippen LogP contribution is 2.31. The number of ether oxygens (including phenoxy) is 1. The summed E-state index contributed by atoms with van der Waals surface area (Å²) in [4.78, 5) is 16.9. The van der Waals surface area contributed by atoms with E-state index in [1.54, 1.807) is 35.3 Å². The van der Waals surface area contributed by atoms with Gasteiger partial charge in [0.25, 0.3) is 0 Å². The Bertz CT molecular complexity index is 827. The molecule has 34 heavy (non-hydrogen) atoms. The van der Waals surface area contributed by atoms with Gasteiger partial charge in [0.1, 0.15) is 12.4 Å². The highest BCUT2D eigenvalue weighted by molar-refractivity contribution is 5.68. The van der Waals surface area contributed by atoms with Crippen LogP contribution in [0.15, 0.2) is 61.2 Å². The third-order valence-corrected chi connectivity index (χ3v) is 7.52. The van der Waals surface area contributed by atoms with Crippen LogP contribution < -0.4 is 0 Å². The number of carbonyl (C=O) groups excluding carboxylic acids is 1. The van der Waals surface area contributed by atoms with Crippen LogP contribution in [0.25, 0.3) is 0 Å². The van der Waals surface area contributed by atoms with Crippen molar-refractivity contribution in [3.05, 3.63) is 72.6 Å². The lowest BCUT2D eigenvalue weighted by Crippen LogP contribution is -2.38. The zero-order valence-corrected chi connectivity index (χ0v) is 20.8. The summed E-state index contributed by atoms with van der Waals surface area (Å²) in [6.45, 7) is 11.1. The standard InChI is InChI=1S/C29H41FN2O2/c1-4-7-23(5-2)22-34-29(33)31(3)28-15-12-26(20-28)21-32-18-16-25(17-19-32)9-6-8-24-10-13-27(30)14-11-24/h4-5,7,10-11,13-14,25-26,28H,1-2,6,8-9,12,15-22H2,3H3/b23-7+/t26-,28?/m1/s1. The van der Waals surface area contributed by atoms with Crippen LogP contribution in [0.5, 0.6) is 0 Å². The average molecular weight is 469 g/mol. The molecular formula is C29H41FN2O2. The van der Waals surface area contributed by atoms with Crippen LogP contribution >= 0.6 is 0 Å². The zero-order chi connectivity index (χ0) is 24.3. The van der Waals surface area contributed by atoms with Gasteiger partial charge in [0, 0.05) is 19.6 Å². The van der Waals surface area contributed by atoms with E-state index in [-0.39, 0.29) is 24.6 Å². The molecule has 2 atom stereocenters. The highest BCUT2D eigenvalue weighted by Gasteiger charge is 2.32. The first-order valence-electron chi connectivity index (χ1n) is 12.8. The van der Waals surface area contributed by atoms with Crippen molar-refractivity contribution in [1.29, 1.82) is 0 Å². The molecule has 0 N–H and O–H groups in total. The van der Waals surface area contributed by atoms with Crippen LogP contribution in [0.2, 0.25) is 0 Å². The number of amides is 1. The quantitative estimate of drug-likeness (QED) is 0.353. The van der Waals surface area contributed by atoms with Crippen molar-refractivity contribution >= 4 is 6.09 Å². The number of carbonyl (C=O) groups is 1. The molecule has 0 aromatic heterocycles. The molecule has 1 saturated carbocycles. The minimum absolute atomic E-state index is 0.157. The maximum Gasteiger partial charge on any atom is 0.410 e. The van der Waals surface area contributed by atoms with Crippen LogP contribution in [-0.2, 0) is 11.2 Å². The number of allylic oxidation sites excluding steroid dienone is 2. The summed E-state index contributed by atoms with van der Waals surface area (Å²) < 4.78 is 18.5. The Morgan fingerprint density at radius 3 is 2.56 bits per heavy atom. The number of nitrogens with zero attached hydrogens (tertiary/aromatic N) is 2. The first-order valence-corrected chi connectivity index (χ1v) is 12.8. The van der Waals surface area contributed by atoms with Gasteiger partial charge in [-0.3, -0.25) is 0 Å². The molecule has 0 spiro atoms. The first-order chi connectivity index (χ1) is 16.5. The lowest BCUT2D eigenvalue weighted by molar-refractivity contribution is 0.104. The molecule has 2 fully saturated rings. The number of rotatable bonds is 11.